The van der Waals surface area contributed by atoms with E-state index in [4.69, 9.17) is 0 Å². The van der Waals surface area contributed by atoms with Crippen LogP contribution in [0.4, 0.5) is 0 Å². The van der Waals surface area contributed by atoms with Crippen LogP contribution in [0.15, 0.2) is 11.2 Å². The molecule has 114 valence electrons. The lowest BCUT2D eigenvalue weighted by Gasteiger charge is -2.05. The van der Waals surface area contributed by atoms with Crippen LogP contribution in [0.2, 0.25) is 0 Å². The summed E-state index contributed by atoms with van der Waals surface area (Å²) < 4.78 is 1.88. The summed E-state index contributed by atoms with van der Waals surface area (Å²) in [6.45, 7) is 6.80. The Morgan fingerprint density at radius 3 is 2.90 bits per heavy atom. The Balaban J connectivity index is 1.93. The van der Waals surface area contributed by atoms with Gasteiger partial charge in [-0.15, -0.1) is 10.2 Å². The Morgan fingerprint density at radius 2 is 2.14 bits per heavy atom. The first kappa shape index (κ1) is 15.8. The average Bonchev–Trinajstić information content (AvgIpc) is 2.84. The van der Waals surface area contributed by atoms with Crippen LogP contribution in [-0.2, 0) is 4.79 Å². The molecule has 0 saturated heterocycles. The number of hydrogen-bond acceptors (Lipinski definition) is 5. The van der Waals surface area contributed by atoms with Crippen LogP contribution >= 0.6 is 11.8 Å². The van der Waals surface area contributed by atoms with Crippen molar-refractivity contribution in [3.05, 3.63) is 17.5 Å². The molecule has 2 aromatic heterocycles. The van der Waals surface area contributed by atoms with E-state index in [1.54, 1.807) is 0 Å². The van der Waals surface area contributed by atoms with Gasteiger partial charge in [-0.05, 0) is 26.3 Å². The molecule has 2 heterocycles. The van der Waals surface area contributed by atoms with Crippen molar-refractivity contribution >= 4 is 23.4 Å². The number of carbonyl (C=O) groups is 1. The van der Waals surface area contributed by atoms with Gasteiger partial charge in [-0.1, -0.05) is 31.5 Å². The molecule has 0 spiro atoms. The summed E-state index contributed by atoms with van der Waals surface area (Å²) in [4.78, 5) is 16.1. The molecule has 2 aromatic rings. The van der Waals surface area contributed by atoms with Crippen molar-refractivity contribution in [2.45, 2.75) is 45.2 Å². The van der Waals surface area contributed by atoms with E-state index in [0.717, 1.165) is 37.2 Å². The fraction of sp³-hybridized carbons (Fsp3) is 0.571. The lowest BCUT2D eigenvalue weighted by Crippen LogP contribution is -2.26. The lowest BCUT2D eigenvalue weighted by molar-refractivity contribution is -0.118. The minimum Gasteiger partial charge on any atom is -0.355 e. The molecule has 7 heteroatoms. The van der Waals surface area contributed by atoms with Gasteiger partial charge in [0.1, 0.15) is 0 Å². The first-order chi connectivity index (χ1) is 10.1. The molecule has 0 unspecified atom stereocenters. The molecule has 0 radical (unpaired) electrons. The number of fused-ring (bicyclic) bond motifs is 1. The van der Waals surface area contributed by atoms with Crippen LogP contribution in [-0.4, -0.2) is 37.8 Å². The van der Waals surface area contributed by atoms with E-state index in [9.17, 15) is 4.79 Å². The van der Waals surface area contributed by atoms with Crippen LogP contribution in [0, 0.1) is 13.8 Å². The number of nitrogens with one attached hydrogen (secondary N) is 1. The predicted octanol–water partition coefficient (Wildman–Crippen LogP) is 2.14. The highest BCUT2D eigenvalue weighted by molar-refractivity contribution is 7.99. The molecule has 0 saturated carbocycles. The second-order valence-electron chi connectivity index (χ2n) is 5.00. The topological polar surface area (TPSA) is 72.2 Å². The van der Waals surface area contributed by atoms with Crippen LogP contribution < -0.4 is 5.32 Å². The third-order valence-corrected chi connectivity index (χ3v) is 4.03. The Labute approximate surface area is 128 Å². The average molecular weight is 307 g/mol. The maximum Gasteiger partial charge on any atom is 0.256 e. The van der Waals surface area contributed by atoms with Gasteiger partial charge in [0.15, 0.2) is 5.16 Å². The zero-order valence-electron chi connectivity index (χ0n) is 12.7. The first-order valence-corrected chi connectivity index (χ1v) is 8.19. The molecule has 0 aromatic carbocycles. The SMILES string of the molecule is CCCCCNC(=O)CSc1nnc2nc(C)cc(C)n12. The third-order valence-electron chi connectivity index (χ3n) is 3.10. The lowest BCUT2D eigenvalue weighted by atomic mass is 10.2. The Bertz CT molecular complexity index is 625. The van der Waals surface area contributed by atoms with E-state index >= 15 is 0 Å². The van der Waals surface area contributed by atoms with E-state index in [1.165, 1.54) is 11.8 Å². The first-order valence-electron chi connectivity index (χ1n) is 7.20. The zero-order valence-corrected chi connectivity index (χ0v) is 13.5. The van der Waals surface area contributed by atoms with Crippen LogP contribution in [0.3, 0.4) is 0 Å². The molecule has 0 atom stereocenters. The molecule has 0 aliphatic rings. The maximum atomic E-state index is 11.8. The van der Waals surface area contributed by atoms with Gasteiger partial charge in [-0.2, -0.15) is 0 Å². The van der Waals surface area contributed by atoms with Gasteiger partial charge in [-0.25, -0.2) is 4.98 Å². The molecule has 0 fully saturated rings. The van der Waals surface area contributed by atoms with Crippen molar-refractivity contribution in [2.75, 3.05) is 12.3 Å². The second-order valence-corrected chi connectivity index (χ2v) is 5.95. The van der Waals surface area contributed by atoms with Crippen molar-refractivity contribution in [3.63, 3.8) is 0 Å². The highest BCUT2D eigenvalue weighted by Crippen LogP contribution is 2.18. The number of carbonyl (C=O) groups excluding carboxylic acids is 1. The minimum absolute atomic E-state index is 0.0329. The fourth-order valence-electron chi connectivity index (χ4n) is 2.08. The van der Waals surface area contributed by atoms with Crippen molar-refractivity contribution in [3.8, 4) is 0 Å². The summed E-state index contributed by atoms with van der Waals surface area (Å²) in [5, 5.41) is 11.8. The minimum atomic E-state index is 0.0329. The number of unbranched alkanes of at least 4 members (excludes halogenated alkanes) is 2. The Morgan fingerprint density at radius 1 is 1.33 bits per heavy atom. The molecular weight excluding hydrogens is 286 g/mol. The second kappa shape index (κ2) is 7.40. The van der Waals surface area contributed by atoms with Gasteiger partial charge in [0.05, 0.1) is 5.75 Å². The summed E-state index contributed by atoms with van der Waals surface area (Å²) in [7, 11) is 0. The van der Waals surface area contributed by atoms with Crippen molar-refractivity contribution in [2.24, 2.45) is 0 Å². The van der Waals surface area contributed by atoms with E-state index in [-0.39, 0.29) is 5.91 Å². The third kappa shape index (κ3) is 4.17. The number of rotatable bonds is 7. The largest absolute Gasteiger partial charge is 0.355 e. The molecule has 0 bridgehead atoms. The zero-order chi connectivity index (χ0) is 15.2. The Kier molecular flexibility index (Phi) is 5.55. The van der Waals surface area contributed by atoms with E-state index in [2.05, 4.69) is 27.4 Å². The number of aromatic nitrogens is 4. The standard InChI is InChI=1S/C14H21N5OS/c1-4-5-6-7-15-12(20)9-21-14-18-17-13-16-10(2)8-11(3)19(13)14/h8H,4-7,9H2,1-3H3,(H,15,20). The van der Waals surface area contributed by atoms with Crippen molar-refractivity contribution in [1.29, 1.82) is 0 Å². The van der Waals surface area contributed by atoms with Crippen LogP contribution in [0.5, 0.6) is 0 Å². The summed E-state index contributed by atoms with van der Waals surface area (Å²) in [6.07, 6.45) is 3.33. The van der Waals surface area contributed by atoms with Gasteiger partial charge in [0.25, 0.3) is 5.78 Å². The monoisotopic (exact) mass is 307 g/mol. The molecule has 0 aliphatic heterocycles. The van der Waals surface area contributed by atoms with Gasteiger partial charge in [-0.3, -0.25) is 9.20 Å². The number of aryl methyl sites for hydroxylation is 2. The molecule has 6 nitrogen and oxygen atoms in total. The molecule has 2 rings (SSSR count). The highest BCUT2D eigenvalue weighted by Gasteiger charge is 2.11. The number of amides is 1. The Hall–Kier alpha value is -1.63. The van der Waals surface area contributed by atoms with Crippen molar-refractivity contribution < 1.29 is 4.79 Å². The van der Waals surface area contributed by atoms with Crippen molar-refractivity contribution in [1.82, 2.24) is 24.9 Å². The van der Waals surface area contributed by atoms with Gasteiger partial charge in [0.2, 0.25) is 5.91 Å². The van der Waals surface area contributed by atoms with Crippen LogP contribution in [0.1, 0.15) is 37.6 Å². The summed E-state index contributed by atoms with van der Waals surface area (Å²) in [6, 6.07) is 1.98. The molecular formula is C14H21N5OS. The number of hydrogen-bond donors (Lipinski definition) is 1. The van der Waals surface area contributed by atoms with Gasteiger partial charge < -0.3 is 5.32 Å². The summed E-state index contributed by atoms with van der Waals surface area (Å²) in [5.41, 5.74) is 1.94. The molecule has 1 amide bonds. The number of nitrogens with zero attached hydrogens (tertiary/aromatic N) is 4. The molecule has 1 N–H and O–H groups in total. The number of thioether (sulfide) groups is 1. The maximum absolute atomic E-state index is 11.8. The smallest absolute Gasteiger partial charge is 0.256 e. The van der Waals surface area contributed by atoms with E-state index in [0.29, 0.717) is 16.7 Å². The van der Waals surface area contributed by atoms with E-state index < -0.39 is 0 Å². The normalized spacial score (nSPS) is 11.0. The highest BCUT2D eigenvalue weighted by atomic mass is 32.2. The van der Waals surface area contributed by atoms with Gasteiger partial charge in [0, 0.05) is 17.9 Å². The van der Waals surface area contributed by atoms with E-state index in [1.807, 2.05) is 24.3 Å². The summed E-state index contributed by atoms with van der Waals surface area (Å²) in [5.74, 6) is 0.962. The molecule has 0 aliphatic carbocycles. The molecule has 21 heavy (non-hydrogen) atoms. The van der Waals surface area contributed by atoms with Crippen LogP contribution in [0.25, 0.3) is 5.78 Å². The summed E-state index contributed by atoms with van der Waals surface area (Å²) >= 11 is 1.39. The quantitative estimate of drug-likeness (QED) is 0.627. The predicted molar refractivity (Wildman–Crippen MR) is 83.5 cm³/mol. The fourth-order valence-corrected chi connectivity index (χ4v) is 2.89. The van der Waals surface area contributed by atoms with Gasteiger partial charge >= 0.3 is 0 Å².